The van der Waals surface area contributed by atoms with Gasteiger partial charge in [0, 0.05) is 51.2 Å². The monoisotopic (exact) mass is 912 g/mol. The third-order valence-corrected chi connectivity index (χ3v) is 15.2. The van der Waals surface area contributed by atoms with E-state index in [0.29, 0.717) is 0 Å². The number of allylic oxidation sites excluding steroid dienone is 4. The van der Waals surface area contributed by atoms with Crippen molar-refractivity contribution in [1.82, 2.24) is 4.57 Å². The topological polar surface area (TPSA) is 32.9 Å². The van der Waals surface area contributed by atoms with Crippen molar-refractivity contribution in [2.75, 3.05) is 4.90 Å². The number of hydrogen-bond donors (Lipinski definition) is 0. The average molecular weight is 913 g/mol. The number of aliphatic imine (C=N–C) groups is 2. The molecule has 2 heterocycles. The zero-order valence-corrected chi connectivity index (χ0v) is 39.7. The first-order chi connectivity index (χ1) is 35.2. The van der Waals surface area contributed by atoms with Crippen LogP contribution in [0.4, 0.5) is 17.1 Å². The third kappa shape index (κ3) is 6.96. The maximum atomic E-state index is 4.89. The first-order valence-electron chi connectivity index (χ1n) is 25.1. The number of fused-ring (bicyclic) bond motifs is 6. The van der Waals surface area contributed by atoms with E-state index < -0.39 is 5.41 Å². The first kappa shape index (κ1) is 42.5. The van der Waals surface area contributed by atoms with Crippen molar-refractivity contribution < 1.29 is 0 Å². The van der Waals surface area contributed by atoms with Gasteiger partial charge in [-0.3, -0.25) is 4.99 Å². The fourth-order valence-corrected chi connectivity index (χ4v) is 12.0. The van der Waals surface area contributed by atoms with E-state index in [9.17, 15) is 0 Å². The maximum Gasteiger partial charge on any atom is 0.110 e. The van der Waals surface area contributed by atoms with E-state index in [0.717, 1.165) is 47.5 Å². The van der Waals surface area contributed by atoms with Crippen LogP contribution in [0, 0.1) is 5.92 Å². The van der Waals surface area contributed by atoms with E-state index in [2.05, 4.69) is 264 Å². The van der Waals surface area contributed by atoms with Gasteiger partial charge < -0.3 is 9.47 Å². The minimum atomic E-state index is -0.503. The Morgan fingerprint density at radius 1 is 0.563 bits per heavy atom. The Hall–Kier alpha value is -8.60. The van der Waals surface area contributed by atoms with Crippen molar-refractivity contribution in [3.8, 4) is 39.1 Å². The quantitative estimate of drug-likeness (QED) is 0.135. The van der Waals surface area contributed by atoms with Crippen molar-refractivity contribution in [3.05, 3.63) is 264 Å². The lowest BCUT2D eigenvalue weighted by Gasteiger charge is -2.36. The van der Waals surface area contributed by atoms with Crippen LogP contribution in [0.25, 0.3) is 60.9 Å². The van der Waals surface area contributed by atoms with Crippen LogP contribution in [-0.4, -0.2) is 17.1 Å². The first-order valence-corrected chi connectivity index (χ1v) is 25.1. The van der Waals surface area contributed by atoms with Crippen LogP contribution < -0.4 is 4.90 Å². The number of hydrogen-bond acceptors (Lipinski definition) is 3. The van der Waals surface area contributed by atoms with E-state index in [4.69, 9.17) is 4.99 Å². The highest BCUT2D eigenvalue weighted by molar-refractivity contribution is 6.20. The summed E-state index contributed by atoms with van der Waals surface area (Å²) in [5.74, 6) is 0.249. The zero-order valence-electron chi connectivity index (χ0n) is 39.7. The molecule has 1 aromatic heterocycles. The third-order valence-electron chi connectivity index (χ3n) is 15.2. The van der Waals surface area contributed by atoms with Gasteiger partial charge in [0.1, 0.15) is 6.34 Å². The number of nitrogens with zero attached hydrogens (tertiary/aromatic N) is 4. The van der Waals surface area contributed by atoms with Crippen molar-refractivity contribution in [2.45, 2.75) is 37.6 Å². The smallest absolute Gasteiger partial charge is 0.110 e. The Balaban J connectivity index is 1.09. The Morgan fingerprint density at radius 2 is 1.18 bits per heavy atom. The molecule has 0 spiro atoms. The van der Waals surface area contributed by atoms with Crippen molar-refractivity contribution >= 4 is 51.4 Å². The molecule has 4 heteroatoms. The number of rotatable bonds is 10. The Kier molecular flexibility index (Phi) is 10.6. The molecule has 0 amide bonds. The van der Waals surface area contributed by atoms with Gasteiger partial charge in [-0.15, -0.1) is 0 Å². The highest BCUT2D eigenvalue weighted by atomic mass is 15.1. The lowest BCUT2D eigenvalue weighted by atomic mass is 9.66. The van der Waals surface area contributed by atoms with Crippen LogP contribution in [0.2, 0.25) is 0 Å². The summed E-state index contributed by atoms with van der Waals surface area (Å²) in [5.41, 5.74) is 19.9. The molecule has 4 nitrogen and oxygen atoms in total. The van der Waals surface area contributed by atoms with Gasteiger partial charge in [0.25, 0.3) is 0 Å². The Morgan fingerprint density at radius 3 is 1.92 bits per heavy atom. The van der Waals surface area contributed by atoms with Gasteiger partial charge in [-0.1, -0.05) is 189 Å². The second-order valence-corrected chi connectivity index (χ2v) is 19.0. The predicted molar refractivity (Wildman–Crippen MR) is 298 cm³/mol. The molecule has 1 aliphatic heterocycles. The predicted octanol–water partition coefficient (Wildman–Crippen LogP) is 17.4. The molecular weight excluding hydrogens is 861 g/mol. The second kappa shape index (κ2) is 17.7. The van der Waals surface area contributed by atoms with Crippen LogP contribution in [0.15, 0.2) is 252 Å². The van der Waals surface area contributed by atoms with Gasteiger partial charge in [0.05, 0.1) is 22.5 Å². The average Bonchev–Trinajstić information content (AvgIpc) is 3.95. The molecule has 0 radical (unpaired) electrons. The van der Waals surface area contributed by atoms with Crippen molar-refractivity contribution in [2.24, 2.45) is 15.9 Å². The van der Waals surface area contributed by atoms with Crippen LogP contribution in [-0.2, 0) is 5.41 Å². The van der Waals surface area contributed by atoms with Gasteiger partial charge in [-0.2, -0.15) is 0 Å². The van der Waals surface area contributed by atoms with Gasteiger partial charge in [-0.05, 0) is 130 Å². The van der Waals surface area contributed by atoms with Gasteiger partial charge >= 0.3 is 0 Å². The number of anilines is 3. The molecule has 13 rings (SSSR count). The fourth-order valence-electron chi connectivity index (χ4n) is 12.0. The molecule has 0 fully saturated rings. The van der Waals surface area contributed by atoms with Gasteiger partial charge in [0.15, 0.2) is 0 Å². The van der Waals surface area contributed by atoms with Crippen LogP contribution in [0.1, 0.15) is 54.5 Å². The summed E-state index contributed by atoms with van der Waals surface area (Å²) in [6.07, 6.45) is 14.0. The van der Waals surface area contributed by atoms with Crippen LogP contribution >= 0.6 is 0 Å². The van der Waals surface area contributed by atoms with E-state index in [1.54, 1.807) is 6.34 Å². The highest BCUT2D eigenvalue weighted by Gasteiger charge is 2.47. The molecule has 340 valence electrons. The molecule has 0 saturated carbocycles. The molecule has 0 saturated heterocycles. The molecule has 2 aliphatic carbocycles. The normalized spacial score (nSPS) is 17.8. The SMILES string of the molecule is CCC1C=NC=N[C@@H]1c1ccc(N(c2ccc3c(c2)C(C2=CCCC=C2)(c2ccccc2)c2ccccc2-3)c2ccc3c(c2)c2c(-c4ccccc4)ccc(-c4ccccc4)c2n3-c2ccccc2)cc1. The lowest BCUT2D eigenvalue weighted by Crippen LogP contribution is -2.29. The molecule has 71 heavy (non-hydrogen) atoms. The van der Waals surface area contributed by atoms with E-state index >= 15 is 0 Å². The second-order valence-electron chi connectivity index (χ2n) is 19.0. The molecule has 3 atom stereocenters. The number of para-hydroxylation sites is 1. The van der Waals surface area contributed by atoms with E-state index in [1.807, 2.05) is 0 Å². The molecule has 3 aliphatic rings. The van der Waals surface area contributed by atoms with Crippen molar-refractivity contribution in [1.29, 1.82) is 0 Å². The summed E-state index contributed by atoms with van der Waals surface area (Å²) >= 11 is 0. The Labute approximate surface area is 416 Å². The maximum absolute atomic E-state index is 4.89. The minimum Gasteiger partial charge on any atom is -0.310 e. The Bertz CT molecular complexity index is 3730. The fraction of sp³-hybridized carbons (Fsp3) is 0.104. The summed E-state index contributed by atoms with van der Waals surface area (Å²) in [6, 6.07) is 81.0. The number of aromatic nitrogens is 1. The molecule has 10 aromatic rings. The molecule has 0 N–H and O–H groups in total. The van der Waals surface area contributed by atoms with Crippen molar-refractivity contribution in [3.63, 3.8) is 0 Å². The van der Waals surface area contributed by atoms with Crippen LogP contribution in [0.5, 0.6) is 0 Å². The molecule has 2 unspecified atom stereocenters. The van der Waals surface area contributed by atoms with E-state index in [1.165, 1.54) is 77.5 Å². The van der Waals surface area contributed by atoms with Gasteiger partial charge in [0.2, 0.25) is 0 Å². The largest absolute Gasteiger partial charge is 0.310 e. The molecule has 0 bridgehead atoms. The lowest BCUT2D eigenvalue weighted by molar-refractivity contribution is 0.544. The molecular formula is C67H52N4. The highest BCUT2D eigenvalue weighted by Crippen LogP contribution is 2.58. The molecule has 9 aromatic carbocycles. The van der Waals surface area contributed by atoms with Crippen LogP contribution in [0.3, 0.4) is 0 Å². The summed E-state index contributed by atoms with van der Waals surface area (Å²) < 4.78 is 2.48. The summed E-state index contributed by atoms with van der Waals surface area (Å²) in [5, 5.41) is 2.41. The zero-order chi connectivity index (χ0) is 47.3. The standard InChI is InChI=1S/C67H52N4/c1-2-46-44-68-45-69-65(46)49-32-34-53(35-33-49)70(55-36-38-59-58-30-18-19-31-61(58)67(62(59)43-55,50-24-12-5-13-25-50)51-26-14-6-15-27-51)54-37-41-63-60(42-54)64-56(47-20-8-3-9-21-47)39-40-57(48-22-10-4-11-23-48)66(64)71(63)52-28-16-7-17-29-52/h3-5,7-14,16-46,65H,2,6,15H2,1H3/t46?,65-,67?/m0/s1. The summed E-state index contributed by atoms with van der Waals surface area (Å²) in [6.45, 7) is 2.22. The number of benzene rings is 9. The van der Waals surface area contributed by atoms with E-state index in [-0.39, 0.29) is 12.0 Å². The summed E-state index contributed by atoms with van der Waals surface area (Å²) in [7, 11) is 0. The minimum absolute atomic E-state index is 0.0255. The summed E-state index contributed by atoms with van der Waals surface area (Å²) in [4.78, 5) is 11.8. The van der Waals surface area contributed by atoms with Gasteiger partial charge in [-0.25, -0.2) is 4.99 Å².